The molecule has 0 aliphatic heterocycles. The summed E-state index contributed by atoms with van der Waals surface area (Å²) in [6.07, 6.45) is 6.46. The largest absolute Gasteiger partial charge is 0.353 e. The summed E-state index contributed by atoms with van der Waals surface area (Å²) in [4.78, 5) is 10.8. The number of rotatable bonds is 2. The highest BCUT2D eigenvalue weighted by atomic mass is 16.1. The van der Waals surface area contributed by atoms with Crippen LogP contribution in [0.1, 0.15) is 32.6 Å². The Bertz CT molecular complexity index is 116. The van der Waals surface area contributed by atoms with Gasteiger partial charge in [-0.15, -0.1) is 0 Å². The van der Waals surface area contributed by atoms with Gasteiger partial charge in [-0.05, 0) is 12.8 Å². The maximum atomic E-state index is 10.8. The summed E-state index contributed by atoms with van der Waals surface area (Å²) in [6.45, 7) is 1.77. The molecule has 1 N–H and O–H groups in total. The maximum absolute atomic E-state index is 10.8. The Morgan fingerprint density at radius 1 is 1.50 bits per heavy atom. The Labute approximate surface area is 62.0 Å². The maximum Gasteiger partial charge on any atom is 0.223 e. The smallest absolute Gasteiger partial charge is 0.223 e. The summed E-state index contributed by atoms with van der Waals surface area (Å²) < 4.78 is 0. The van der Waals surface area contributed by atoms with Gasteiger partial charge in [0, 0.05) is 12.5 Å². The van der Waals surface area contributed by atoms with Crippen LogP contribution in [-0.4, -0.2) is 11.9 Å². The highest BCUT2D eigenvalue weighted by Gasteiger charge is 2.15. The molecule has 0 aromatic rings. The molecule has 0 saturated heterocycles. The number of hydrogen-bond donors (Lipinski definition) is 1. The van der Waals surface area contributed by atoms with Gasteiger partial charge in [0.15, 0.2) is 0 Å². The standard InChI is InChI=1S/C8H14NO/c1-2-8(10)9-7-5-3-4-6-7/h2,7H,3-6H2,1H3,(H,9,10). The zero-order chi connectivity index (χ0) is 7.40. The topological polar surface area (TPSA) is 29.1 Å². The third-order valence-electron chi connectivity index (χ3n) is 1.96. The van der Waals surface area contributed by atoms with E-state index in [1.165, 1.54) is 25.7 Å². The lowest BCUT2D eigenvalue weighted by molar-refractivity contribution is -0.118. The van der Waals surface area contributed by atoms with E-state index in [-0.39, 0.29) is 5.91 Å². The fourth-order valence-electron chi connectivity index (χ4n) is 1.35. The first kappa shape index (κ1) is 7.58. The molecule has 1 amide bonds. The van der Waals surface area contributed by atoms with E-state index in [4.69, 9.17) is 0 Å². The van der Waals surface area contributed by atoms with E-state index < -0.39 is 0 Å². The molecule has 2 heteroatoms. The SMILES string of the molecule is C[CH]C(=O)NC1CCCC1. The molecule has 0 aromatic carbocycles. The van der Waals surface area contributed by atoms with E-state index >= 15 is 0 Å². The van der Waals surface area contributed by atoms with Crippen LogP contribution in [0.25, 0.3) is 0 Å². The first-order valence-electron chi connectivity index (χ1n) is 3.93. The van der Waals surface area contributed by atoms with Gasteiger partial charge in [-0.1, -0.05) is 19.8 Å². The lowest BCUT2D eigenvalue weighted by atomic mass is 10.2. The van der Waals surface area contributed by atoms with Gasteiger partial charge in [0.25, 0.3) is 0 Å². The minimum absolute atomic E-state index is 0.0758. The van der Waals surface area contributed by atoms with Gasteiger partial charge in [-0.3, -0.25) is 4.79 Å². The van der Waals surface area contributed by atoms with Crippen LogP contribution in [-0.2, 0) is 4.79 Å². The van der Waals surface area contributed by atoms with Crippen LogP contribution in [0.4, 0.5) is 0 Å². The second-order valence-electron chi connectivity index (χ2n) is 2.78. The lowest BCUT2D eigenvalue weighted by Gasteiger charge is -2.09. The Hall–Kier alpha value is -0.530. The van der Waals surface area contributed by atoms with Gasteiger partial charge in [-0.2, -0.15) is 0 Å². The molecule has 57 valence electrons. The molecule has 0 atom stereocenters. The molecular weight excluding hydrogens is 126 g/mol. The Kier molecular flexibility index (Phi) is 2.72. The van der Waals surface area contributed by atoms with Crippen LogP contribution in [0, 0.1) is 6.42 Å². The van der Waals surface area contributed by atoms with Crippen molar-refractivity contribution < 1.29 is 4.79 Å². The van der Waals surface area contributed by atoms with Crippen molar-refractivity contribution in [1.29, 1.82) is 0 Å². The molecule has 1 aliphatic carbocycles. The molecule has 0 aromatic heterocycles. The van der Waals surface area contributed by atoms with E-state index in [9.17, 15) is 4.79 Å². The zero-order valence-electron chi connectivity index (χ0n) is 6.39. The Morgan fingerprint density at radius 2 is 2.10 bits per heavy atom. The van der Waals surface area contributed by atoms with Gasteiger partial charge < -0.3 is 5.32 Å². The van der Waals surface area contributed by atoms with E-state index in [1.807, 2.05) is 0 Å². The van der Waals surface area contributed by atoms with Gasteiger partial charge in [0.1, 0.15) is 0 Å². The number of hydrogen-bond acceptors (Lipinski definition) is 1. The van der Waals surface area contributed by atoms with Gasteiger partial charge in [-0.25, -0.2) is 0 Å². The summed E-state index contributed by atoms with van der Waals surface area (Å²) in [6, 6.07) is 0.462. The zero-order valence-corrected chi connectivity index (χ0v) is 6.39. The molecule has 0 heterocycles. The minimum Gasteiger partial charge on any atom is -0.353 e. The van der Waals surface area contributed by atoms with E-state index in [0.29, 0.717) is 6.04 Å². The highest BCUT2D eigenvalue weighted by Crippen LogP contribution is 2.17. The van der Waals surface area contributed by atoms with Crippen molar-refractivity contribution in [3.8, 4) is 0 Å². The van der Waals surface area contributed by atoms with Crippen molar-refractivity contribution in [3.05, 3.63) is 6.42 Å². The normalized spacial score (nSPS) is 19.3. The predicted molar refractivity (Wildman–Crippen MR) is 40.4 cm³/mol. The third-order valence-corrected chi connectivity index (χ3v) is 1.96. The summed E-state index contributed by atoms with van der Waals surface area (Å²) in [5.74, 6) is 0.0758. The number of carbonyl (C=O) groups excluding carboxylic acids is 1. The molecule has 1 rings (SSSR count). The molecule has 10 heavy (non-hydrogen) atoms. The fourth-order valence-corrected chi connectivity index (χ4v) is 1.35. The number of amides is 1. The van der Waals surface area contributed by atoms with E-state index in [1.54, 1.807) is 13.3 Å². The monoisotopic (exact) mass is 140 g/mol. The van der Waals surface area contributed by atoms with E-state index in [0.717, 1.165) is 0 Å². The van der Waals surface area contributed by atoms with Gasteiger partial charge >= 0.3 is 0 Å². The van der Waals surface area contributed by atoms with Crippen molar-refractivity contribution in [2.24, 2.45) is 0 Å². The van der Waals surface area contributed by atoms with Crippen molar-refractivity contribution in [3.63, 3.8) is 0 Å². The van der Waals surface area contributed by atoms with Crippen LogP contribution >= 0.6 is 0 Å². The number of nitrogens with one attached hydrogen (secondary N) is 1. The second kappa shape index (κ2) is 3.59. The molecule has 2 nitrogen and oxygen atoms in total. The van der Waals surface area contributed by atoms with Gasteiger partial charge in [0.05, 0.1) is 0 Å². The van der Waals surface area contributed by atoms with Gasteiger partial charge in [0.2, 0.25) is 5.91 Å². The van der Waals surface area contributed by atoms with Crippen LogP contribution in [0.3, 0.4) is 0 Å². The average molecular weight is 140 g/mol. The summed E-state index contributed by atoms with van der Waals surface area (Å²) in [5, 5.41) is 2.93. The van der Waals surface area contributed by atoms with Crippen molar-refractivity contribution in [2.45, 2.75) is 38.6 Å². The summed E-state index contributed by atoms with van der Waals surface area (Å²) in [5.41, 5.74) is 0. The summed E-state index contributed by atoms with van der Waals surface area (Å²) in [7, 11) is 0. The summed E-state index contributed by atoms with van der Waals surface area (Å²) >= 11 is 0. The van der Waals surface area contributed by atoms with E-state index in [2.05, 4.69) is 5.32 Å². The lowest BCUT2D eigenvalue weighted by Crippen LogP contribution is -2.32. The minimum atomic E-state index is 0.0758. The molecule has 0 spiro atoms. The second-order valence-corrected chi connectivity index (χ2v) is 2.78. The molecular formula is C8H14NO. The fraction of sp³-hybridized carbons (Fsp3) is 0.750. The van der Waals surface area contributed by atoms with Crippen molar-refractivity contribution >= 4 is 5.91 Å². The number of carbonyl (C=O) groups is 1. The molecule has 1 radical (unpaired) electrons. The molecule has 1 fully saturated rings. The first-order valence-corrected chi connectivity index (χ1v) is 3.93. The van der Waals surface area contributed by atoms with Crippen LogP contribution in [0.15, 0.2) is 0 Å². The highest BCUT2D eigenvalue weighted by molar-refractivity contribution is 5.84. The van der Waals surface area contributed by atoms with Crippen molar-refractivity contribution in [1.82, 2.24) is 5.32 Å². The van der Waals surface area contributed by atoms with Crippen LogP contribution in [0.2, 0.25) is 0 Å². The van der Waals surface area contributed by atoms with Crippen LogP contribution in [0.5, 0.6) is 0 Å². The van der Waals surface area contributed by atoms with Crippen molar-refractivity contribution in [2.75, 3.05) is 0 Å². The first-order chi connectivity index (χ1) is 4.83. The molecule has 0 bridgehead atoms. The molecule has 1 saturated carbocycles. The predicted octanol–water partition coefficient (Wildman–Crippen LogP) is 1.27. The Morgan fingerprint density at radius 3 is 2.60 bits per heavy atom. The molecule has 0 unspecified atom stereocenters. The molecule has 1 aliphatic rings. The third kappa shape index (κ3) is 2.01. The van der Waals surface area contributed by atoms with Crippen LogP contribution < -0.4 is 5.32 Å². The Balaban J connectivity index is 2.17. The quantitative estimate of drug-likeness (QED) is 0.615. The average Bonchev–Trinajstić information content (AvgIpc) is 2.40.